The number of anilines is 2. The highest BCUT2D eigenvalue weighted by Gasteiger charge is 2.30. The zero-order valence-electron chi connectivity index (χ0n) is 14.2. The van der Waals surface area contributed by atoms with Crippen molar-refractivity contribution in [2.75, 3.05) is 17.3 Å². The number of halogens is 3. The van der Waals surface area contributed by atoms with E-state index in [1.807, 2.05) is 6.07 Å². The number of nitrogens with two attached hydrogens (primary N) is 1. The number of aromatic amines is 1. The van der Waals surface area contributed by atoms with Crippen molar-refractivity contribution in [2.24, 2.45) is 0 Å². The van der Waals surface area contributed by atoms with E-state index in [-0.39, 0.29) is 22.8 Å². The Kier molecular flexibility index (Phi) is 4.84. The van der Waals surface area contributed by atoms with Crippen molar-refractivity contribution in [3.05, 3.63) is 35.2 Å². The molecule has 1 atom stereocenters. The number of imidazole rings is 1. The zero-order chi connectivity index (χ0) is 19.8. The molecule has 0 radical (unpaired) electrons. The van der Waals surface area contributed by atoms with Crippen LogP contribution in [0.2, 0.25) is 0 Å². The van der Waals surface area contributed by atoms with Gasteiger partial charge in [-0.1, -0.05) is 0 Å². The molecule has 0 amide bonds. The summed E-state index contributed by atoms with van der Waals surface area (Å²) >= 11 is 1.26. The molecule has 7 nitrogen and oxygen atoms in total. The molecule has 3 rings (SSSR count). The number of aromatic nitrogens is 4. The van der Waals surface area contributed by atoms with E-state index in [2.05, 4.69) is 25.3 Å². The fraction of sp³-hybridized carbons (Fsp3) is 0.250. The van der Waals surface area contributed by atoms with E-state index in [0.29, 0.717) is 16.4 Å². The molecule has 27 heavy (non-hydrogen) atoms. The zero-order valence-corrected chi connectivity index (χ0v) is 15.0. The van der Waals surface area contributed by atoms with Crippen LogP contribution in [0.5, 0.6) is 0 Å². The Morgan fingerprint density at radius 3 is 2.67 bits per heavy atom. The number of nitriles is 1. The highest BCUT2D eigenvalue weighted by Crippen LogP contribution is 2.32. The highest BCUT2D eigenvalue weighted by molar-refractivity contribution is 7.98. The number of nitrogen functional groups attached to an aromatic ring is 1. The summed E-state index contributed by atoms with van der Waals surface area (Å²) in [6.07, 6.45) is -2.68. The van der Waals surface area contributed by atoms with Crippen LogP contribution in [0.25, 0.3) is 11.0 Å². The fourth-order valence-electron chi connectivity index (χ4n) is 2.49. The summed E-state index contributed by atoms with van der Waals surface area (Å²) in [4.78, 5) is 15.2. The van der Waals surface area contributed by atoms with Gasteiger partial charge in [0, 0.05) is 0 Å². The van der Waals surface area contributed by atoms with Gasteiger partial charge in [-0.15, -0.1) is 11.8 Å². The summed E-state index contributed by atoms with van der Waals surface area (Å²) in [5.41, 5.74) is 5.82. The Hall–Kier alpha value is -3.00. The molecule has 1 aromatic carbocycles. The number of benzene rings is 1. The molecule has 0 aliphatic carbocycles. The van der Waals surface area contributed by atoms with Crippen molar-refractivity contribution in [3.8, 4) is 6.07 Å². The van der Waals surface area contributed by atoms with Crippen molar-refractivity contribution < 1.29 is 13.2 Å². The second kappa shape index (κ2) is 6.96. The number of nitrogens with one attached hydrogen (secondary N) is 2. The summed E-state index contributed by atoms with van der Waals surface area (Å²) in [6.45, 7) is 1.74. The number of hydrogen-bond acceptors (Lipinski definition) is 7. The number of alkyl halides is 3. The molecule has 11 heteroatoms. The fourth-order valence-corrected chi connectivity index (χ4v) is 3.03. The van der Waals surface area contributed by atoms with Crippen LogP contribution in [0.4, 0.5) is 24.9 Å². The van der Waals surface area contributed by atoms with Gasteiger partial charge in [0.25, 0.3) is 0 Å². The molecule has 0 aliphatic heterocycles. The minimum atomic E-state index is -4.43. The number of rotatable bonds is 4. The lowest BCUT2D eigenvalue weighted by molar-refractivity contribution is -0.137. The van der Waals surface area contributed by atoms with Crippen LogP contribution in [-0.2, 0) is 6.18 Å². The second-order valence-electron chi connectivity index (χ2n) is 5.64. The maximum absolute atomic E-state index is 12.9. The van der Waals surface area contributed by atoms with E-state index in [0.717, 1.165) is 12.1 Å². The summed E-state index contributed by atoms with van der Waals surface area (Å²) in [7, 11) is 0. The quantitative estimate of drug-likeness (QED) is 0.457. The molecular formula is C16H14F3N7S. The first-order chi connectivity index (χ1) is 12.7. The van der Waals surface area contributed by atoms with Gasteiger partial charge in [0.05, 0.1) is 22.6 Å². The molecule has 4 N–H and O–H groups in total. The molecule has 0 unspecified atom stereocenters. The van der Waals surface area contributed by atoms with Crippen LogP contribution in [-0.4, -0.2) is 26.2 Å². The molecule has 140 valence electrons. The SMILES string of the molecule is CSc1nc(N)nc(N[C@@H](C)c2nc3ccc(C(F)(F)F)cc3[nH]2)c1C#N. The van der Waals surface area contributed by atoms with Crippen molar-refractivity contribution in [3.63, 3.8) is 0 Å². The molecule has 0 fully saturated rings. The minimum Gasteiger partial charge on any atom is -0.368 e. The van der Waals surface area contributed by atoms with Gasteiger partial charge in [-0.3, -0.25) is 0 Å². The van der Waals surface area contributed by atoms with Crippen LogP contribution in [0, 0.1) is 11.3 Å². The molecule has 0 saturated heterocycles. The molecule has 0 bridgehead atoms. The van der Waals surface area contributed by atoms with E-state index >= 15 is 0 Å². The van der Waals surface area contributed by atoms with E-state index in [9.17, 15) is 18.4 Å². The average molecular weight is 393 g/mol. The molecule has 0 spiro atoms. The molecular weight excluding hydrogens is 379 g/mol. The first-order valence-electron chi connectivity index (χ1n) is 7.68. The van der Waals surface area contributed by atoms with Gasteiger partial charge in [-0.05, 0) is 31.4 Å². The van der Waals surface area contributed by atoms with Crippen molar-refractivity contribution in [2.45, 2.75) is 24.2 Å². The topological polar surface area (TPSA) is 116 Å². The lowest BCUT2D eigenvalue weighted by Crippen LogP contribution is -2.13. The number of H-pyrrole nitrogens is 1. The average Bonchev–Trinajstić information content (AvgIpc) is 3.03. The normalized spacial score (nSPS) is 12.7. The minimum absolute atomic E-state index is 0.00692. The van der Waals surface area contributed by atoms with E-state index in [1.54, 1.807) is 13.2 Å². The van der Waals surface area contributed by atoms with Gasteiger partial charge in [0.1, 0.15) is 22.5 Å². The lowest BCUT2D eigenvalue weighted by atomic mass is 10.2. The van der Waals surface area contributed by atoms with E-state index in [1.165, 1.54) is 17.8 Å². The van der Waals surface area contributed by atoms with Gasteiger partial charge in [0.2, 0.25) is 5.95 Å². The standard InChI is InChI=1S/C16H14F3N7S/c1-7(22-13-9(6-20)14(27-2)26-15(21)25-13)12-23-10-4-3-8(16(17,18)19)5-11(10)24-12/h3-5,7H,1-2H3,(H,23,24)(H3,21,22,25,26)/t7-/m0/s1. The van der Waals surface area contributed by atoms with Crippen LogP contribution in [0.1, 0.15) is 29.9 Å². The van der Waals surface area contributed by atoms with Crippen LogP contribution >= 0.6 is 11.8 Å². The van der Waals surface area contributed by atoms with Gasteiger partial charge in [-0.25, -0.2) is 9.97 Å². The number of hydrogen-bond donors (Lipinski definition) is 3. The Balaban J connectivity index is 1.94. The third-order valence-electron chi connectivity index (χ3n) is 3.79. The first kappa shape index (κ1) is 18.8. The maximum atomic E-state index is 12.9. The number of thioether (sulfide) groups is 1. The summed E-state index contributed by atoms with van der Waals surface area (Å²) in [6, 6.07) is 4.85. The highest BCUT2D eigenvalue weighted by atomic mass is 32.2. The van der Waals surface area contributed by atoms with Crippen molar-refractivity contribution in [1.82, 2.24) is 19.9 Å². The number of fused-ring (bicyclic) bond motifs is 1. The number of nitrogens with zero attached hydrogens (tertiary/aromatic N) is 4. The van der Waals surface area contributed by atoms with Gasteiger partial charge >= 0.3 is 6.18 Å². The van der Waals surface area contributed by atoms with E-state index in [4.69, 9.17) is 5.73 Å². The molecule has 0 aliphatic rings. The third-order valence-corrected chi connectivity index (χ3v) is 4.47. The molecule has 3 aromatic rings. The van der Waals surface area contributed by atoms with Crippen molar-refractivity contribution in [1.29, 1.82) is 5.26 Å². The Morgan fingerprint density at radius 1 is 1.30 bits per heavy atom. The maximum Gasteiger partial charge on any atom is 0.416 e. The molecule has 0 saturated carbocycles. The first-order valence-corrected chi connectivity index (χ1v) is 8.90. The summed E-state index contributed by atoms with van der Waals surface area (Å²) in [5.74, 6) is 0.641. The van der Waals surface area contributed by atoms with Gasteiger partial charge < -0.3 is 16.0 Å². The van der Waals surface area contributed by atoms with Gasteiger partial charge in [-0.2, -0.15) is 23.4 Å². The summed E-state index contributed by atoms with van der Waals surface area (Å²) in [5, 5.41) is 12.8. The van der Waals surface area contributed by atoms with Crippen LogP contribution in [0.3, 0.4) is 0 Å². The van der Waals surface area contributed by atoms with Crippen LogP contribution < -0.4 is 11.1 Å². The molecule has 2 aromatic heterocycles. The summed E-state index contributed by atoms with van der Waals surface area (Å²) < 4.78 is 38.6. The predicted octanol–water partition coefficient (Wildman–Crippen LogP) is 3.72. The largest absolute Gasteiger partial charge is 0.416 e. The lowest BCUT2D eigenvalue weighted by Gasteiger charge is -2.14. The smallest absolute Gasteiger partial charge is 0.368 e. The van der Waals surface area contributed by atoms with Crippen LogP contribution in [0.15, 0.2) is 23.2 Å². The van der Waals surface area contributed by atoms with E-state index < -0.39 is 17.8 Å². The Labute approximate surface area is 156 Å². The third kappa shape index (κ3) is 3.75. The monoisotopic (exact) mass is 393 g/mol. The Morgan fingerprint density at radius 2 is 2.04 bits per heavy atom. The molecule has 2 heterocycles. The predicted molar refractivity (Wildman–Crippen MR) is 96.1 cm³/mol. The van der Waals surface area contributed by atoms with Crippen molar-refractivity contribution >= 4 is 34.6 Å². The van der Waals surface area contributed by atoms with Gasteiger partial charge in [0.15, 0.2) is 5.82 Å². The second-order valence-corrected chi connectivity index (χ2v) is 6.44. The Bertz CT molecular complexity index is 1040.